The van der Waals surface area contributed by atoms with Crippen LogP contribution in [0.5, 0.6) is 0 Å². The maximum absolute atomic E-state index is 12.3. The molecule has 4 rings (SSSR count). The van der Waals surface area contributed by atoms with Crippen molar-refractivity contribution in [1.29, 1.82) is 0 Å². The molecule has 1 amide bonds. The summed E-state index contributed by atoms with van der Waals surface area (Å²) in [5.41, 5.74) is 0.0386. The van der Waals surface area contributed by atoms with Crippen LogP contribution in [-0.4, -0.2) is 17.8 Å². The van der Waals surface area contributed by atoms with Crippen LogP contribution in [0.2, 0.25) is 0 Å². The van der Waals surface area contributed by atoms with Crippen LogP contribution in [-0.2, 0) is 4.79 Å². The van der Waals surface area contributed by atoms with Crippen LogP contribution in [0.4, 0.5) is 0 Å². The molecule has 0 aromatic carbocycles. The van der Waals surface area contributed by atoms with E-state index in [0.29, 0.717) is 5.91 Å². The van der Waals surface area contributed by atoms with Crippen molar-refractivity contribution >= 4 is 21.8 Å². The molecule has 3 heteroatoms. The van der Waals surface area contributed by atoms with Gasteiger partial charge in [-0.25, -0.2) is 0 Å². The quantitative estimate of drug-likeness (QED) is 0.794. The Labute approximate surface area is 106 Å². The van der Waals surface area contributed by atoms with E-state index in [0.717, 1.165) is 29.6 Å². The van der Waals surface area contributed by atoms with E-state index in [1.807, 2.05) is 0 Å². The number of carbonyl (C=O) groups excluding carboxylic acids is 1. The van der Waals surface area contributed by atoms with Crippen molar-refractivity contribution in [1.82, 2.24) is 5.32 Å². The summed E-state index contributed by atoms with van der Waals surface area (Å²) in [7, 11) is 0. The Bertz CT molecular complexity index is 267. The third kappa shape index (κ3) is 1.71. The SMILES string of the molecule is O=C(NCCBr)C12CC3CC(CC(C3)C1)C2. The Kier molecular flexibility index (Phi) is 2.77. The molecule has 0 radical (unpaired) electrons. The van der Waals surface area contributed by atoms with Gasteiger partial charge in [-0.15, -0.1) is 0 Å². The number of nitrogens with one attached hydrogen (secondary N) is 1. The van der Waals surface area contributed by atoms with Gasteiger partial charge in [-0.1, -0.05) is 15.9 Å². The maximum atomic E-state index is 12.3. The van der Waals surface area contributed by atoms with Crippen molar-refractivity contribution in [2.24, 2.45) is 23.2 Å². The molecule has 4 aliphatic rings. The van der Waals surface area contributed by atoms with Gasteiger partial charge in [0.1, 0.15) is 0 Å². The van der Waals surface area contributed by atoms with Gasteiger partial charge in [0.2, 0.25) is 5.91 Å². The van der Waals surface area contributed by atoms with E-state index < -0.39 is 0 Å². The fourth-order valence-electron chi connectivity index (χ4n) is 4.74. The lowest BCUT2D eigenvalue weighted by atomic mass is 9.49. The molecule has 16 heavy (non-hydrogen) atoms. The third-order valence-corrected chi connectivity index (χ3v) is 5.30. The second-order valence-electron chi connectivity index (χ2n) is 6.14. The summed E-state index contributed by atoms with van der Waals surface area (Å²) >= 11 is 3.37. The highest BCUT2D eigenvalue weighted by Gasteiger charge is 2.54. The predicted octanol–water partition coefficient (Wildman–Crippen LogP) is 2.71. The number of hydrogen-bond acceptors (Lipinski definition) is 1. The highest BCUT2D eigenvalue weighted by Crippen LogP contribution is 2.60. The topological polar surface area (TPSA) is 29.1 Å². The lowest BCUT2D eigenvalue weighted by Crippen LogP contribution is -2.53. The first-order chi connectivity index (χ1) is 7.72. The van der Waals surface area contributed by atoms with Crippen LogP contribution in [0, 0.1) is 23.2 Å². The molecule has 0 heterocycles. The Morgan fingerprint density at radius 3 is 2.06 bits per heavy atom. The highest BCUT2D eigenvalue weighted by atomic mass is 79.9. The maximum Gasteiger partial charge on any atom is 0.226 e. The number of carbonyl (C=O) groups is 1. The summed E-state index contributed by atoms with van der Waals surface area (Å²) < 4.78 is 0. The minimum atomic E-state index is 0.0386. The van der Waals surface area contributed by atoms with Crippen LogP contribution >= 0.6 is 15.9 Å². The highest BCUT2D eigenvalue weighted by molar-refractivity contribution is 9.09. The van der Waals surface area contributed by atoms with E-state index in [9.17, 15) is 4.79 Å². The number of rotatable bonds is 3. The molecule has 4 fully saturated rings. The van der Waals surface area contributed by atoms with Gasteiger partial charge in [-0.3, -0.25) is 4.79 Å². The molecule has 4 saturated carbocycles. The van der Waals surface area contributed by atoms with Gasteiger partial charge in [0.25, 0.3) is 0 Å². The number of halogens is 1. The fourth-order valence-corrected chi connectivity index (χ4v) is 4.94. The fraction of sp³-hybridized carbons (Fsp3) is 0.923. The average Bonchev–Trinajstić information content (AvgIpc) is 2.24. The zero-order valence-electron chi connectivity index (χ0n) is 9.68. The van der Waals surface area contributed by atoms with E-state index in [-0.39, 0.29) is 5.41 Å². The molecule has 1 N–H and O–H groups in total. The third-order valence-electron chi connectivity index (χ3n) is 4.90. The van der Waals surface area contributed by atoms with Gasteiger partial charge in [-0.2, -0.15) is 0 Å². The molecule has 90 valence electrons. The lowest BCUT2D eigenvalue weighted by molar-refractivity contribution is -0.146. The van der Waals surface area contributed by atoms with Crippen molar-refractivity contribution in [2.45, 2.75) is 38.5 Å². The number of alkyl halides is 1. The first kappa shape index (κ1) is 11.1. The van der Waals surface area contributed by atoms with E-state index >= 15 is 0 Å². The molecule has 0 spiro atoms. The summed E-state index contributed by atoms with van der Waals surface area (Å²) in [6, 6.07) is 0. The van der Waals surface area contributed by atoms with E-state index in [1.54, 1.807) is 0 Å². The smallest absolute Gasteiger partial charge is 0.226 e. The van der Waals surface area contributed by atoms with Crippen molar-refractivity contribution in [3.8, 4) is 0 Å². The number of amides is 1. The largest absolute Gasteiger partial charge is 0.355 e. The van der Waals surface area contributed by atoms with E-state index in [1.165, 1.54) is 38.5 Å². The molecule has 4 aliphatic carbocycles. The lowest BCUT2D eigenvalue weighted by Gasteiger charge is -2.55. The second-order valence-corrected chi connectivity index (χ2v) is 6.94. The molecular formula is C13H20BrNO. The first-order valence-corrected chi connectivity index (χ1v) is 7.68. The van der Waals surface area contributed by atoms with Gasteiger partial charge in [-0.05, 0) is 56.3 Å². The van der Waals surface area contributed by atoms with Crippen LogP contribution in [0.15, 0.2) is 0 Å². The van der Waals surface area contributed by atoms with Gasteiger partial charge in [0.05, 0.1) is 0 Å². The minimum Gasteiger partial charge on any atom is -0.355 e. The van der Waals surface area contributed by atoms with E-state index in [4.69, 9.17) is 0 Å². The van der Waals surface area contributed by atoms with Gasteiger partial charge in [0, 0.05) is 17.3 Å². The van der Waals surface area contributed by atoms with Gasteiger partial charge < -0.3 is 5.32 Å². The van der Waals surface area contributed by atoms with Crippen molar-refractivity contribution < 1.29 is 4.79 Å². The van der Waals surface area contributed by atoms with Crippen LogP contribution < -0.4 is 5.32 Å². The molecule has 0 saturated heterocycles. The predicted molar refractivity (Wildman–Crippen MR) is 67.4 cm³/mol. The van der Waals surface area contributed by atoms with Crippen LogP contribution in [0.3, 0.4) is 0 Å². The number of hydrogen-bond donors (Lipinski definition) is 1. The van der Waals surface area contributed by atoms with Crippen LogP contribution in [0.1, 0.15) is 38.5 Å². The molecule has 0 aliphatic heterocycles. The van der Waals surface area contributed by atoms with Crippen molar-refractivity contribution in [3.05, 3.63) is 0 Å². The molecule has 4 bridgehead atoms. The minimum absolute atomic E-state index is 0.0386. The van der Waals surface area contributed by atoms with E-state index in [2.05, 4.69) is 21.2 Å². The summed E-state index contributed by atoms with van der Waals surface area (Å²) in [5, 5.41) is 3.97. The average molecular weight is 286 g/mol. The molecular weight excluding hydrogens is 266 g/mol. The van der Waals surface area contributed by atoms with Crippen molar-refractivity contribution in [2.75, 3.05) is 11.9 Å². The summed E-state index contributed by atoms with van der Waals surface area (Å²) in [5.74, 6) is 2.94. The Balaban J connectivity index is 1.75. The molecule has 2 nitrogen and oxygen atoms in total. The molecule has 0 unspecified atom stereocenters. The molecule has 0 aromatic rings. The Morgan fingerprint density at radius 2 is 1.62 bits per heavy atom. The Morgan fingerprint density at radius 1 is 1.12 bits per heavy atom. The molecule has 0 aromatic heterocycles. The van der Waals surface area contributed by atoms with Crippen LogP contribution in [0.25, 0.3) is 0 Å². The standard InChI is InChI=1S/C13H20BrNO/c14-1-2-15-12(16)13-6-9-3-10(7-13)5-11(4-9)8-13/h9-11H,1-8H2,(H,15,16). The molecule has 0 atom stereocenters. The van der Waals surface area contributed by atoms with Gasteiger partial charge >= 0.3 is 0 Å². The summed E-state index contributed by atoms with van der Waals surface area (Å²) in [6.07, 6.45) is 7.74. The summed E-state index contributed by atoms with van der Waals surface area (Å²) in [4.78, 5) is 12.3. The van der Waals surface area contributed by atoms with Gasteiger partial charge in [0.15, 0.2) is 0 Å². The monoisotopic (exact) mass is 285 g/mol. The second kappa shape index (κ2) is 4.01. The van der Waals surface area contributed by atoms with Crippen molar-refractivity contribution in [3.63, 3.8) is 0 Å². The normalized spacial score (nSPS) is 44.7. The zero-order chi connectivity index (χ0) is 11.2. The zero-order valence-corrected chi connectivity index (χ0v) is 11.3. The Hall–Kier alpha value is -0.0500. The first-order valence-electron chi connectivity index (χ1n) is 6.56. The summed E-state index contributed by atoms with van der Waals surface area (Å²) in [6.45, 7) is 0.778.